The number of nitrogens with zero attached hydrogens (tertiary/aromatic N) is 2. The highest BCUT2D eigenvalue weighted by Gasteiger charge is 2.44. The number of carboxylic acids is 1. The van der Waals surface area contributed by atoms with Crippen molar-refractivity contribution in [1.29, 1.82) is 0 Å². The molecule has 2 N–H and O–H groups in total. The number of amides is 1. The van der Waals surface area contributed by atoms with Gasteiger partial charge in [-0.2, -0.15) is 4.98 Å². The van der Waals surface area contributed by atoms with Crippen LogP contribution in [-0.4, -0.2) is 45.9 Å². The van der Waals surface area contributed by atoms with Gasteiger partial charge in [0.1, 0.15) is 5.75 Å². The Hall–Kier alpha value is -2.94. The van der Waals surface area contributed by atoms with Crippen molar-refractivity contribution in [1.82, 2.24) is 15.5 Å². The Morgan fingerprint density at radius 1 is 1.44 bits per heavy atom. The molecule has 1 unspecified atom stereocenters. The van der Waals surface area contributed by atoms with Crippen molar-refractivity contribution in [2.75, 3.05) is 13.2 Å². The smallest absolute Gasteiger partial charge is 0.331 e. The molecular formula is C16H17N3O6. The SMILES string of the molecule is Cc1nc(COc2cccc(C(=O)NC3(C(=O)O)CCOC3)c2)no1. The summed E-state index contributed by atoms with van der Waals surface area (Å²) < 4.78 is 15.5. The molecule has 0 radical (unpaired) electrons. The number of benzene rings is 1. The fourth-order valence-electron chi connectivity index (χ4n) is 2.45. The third kappa shape index (κ3) is 3.77. The standard InChI is InChI=1S/C16H17N3O6/c1-10-17-13(19-25-10)8-24-12-4-2-3-11(7-12)14(20)18-16(15(21)22)5-6-23-9-16/h2-4,7H,5-6,8-9H2,1H3,(H,18,20)(H,21,22). The maximum atomic E-state index is 12.4. The maximum absolute atomic E-state index is 12.4. The minimum atomic E-state index is -1.39. The monoisotopic (exact) mass is 347 g/mol. The minimum Gasteiger partial charge on any atom is -0.485 e. The van der Waals surface area contributed by atoms with Crippen LogP contribution in [-0.2, 0) is 16.1 Å². The number of hydrogen-bond donors (Lipinski definition) is 2. The molecule has 1 saturated heterocycles. The summed E-state index contributed by atoms with van der Waals surface area (Å²) >= 11 is 0. The van der Waals surface area contributed by atoms with Gasteiger partial charge in [0.25, 0.3) is 5.91 Å². The van der Waals surface area contributed by atoms with E-state index in [2.05, 4.69) is 15.5 Å². The molecular weight excluding hydrogens is 330 g/mol. The summed E-state index contributed by atoms with van der Waals surface area (Å²) in [6, 6.07) is 6.42. The first-order valence-electron chi connectivity index (χ1n) is 7.64. The number of carbonyl (C=O) groups is 2. The first kappa shape index (κ1) is 16.9. The van der Waals surface area contributed by atoms with E-state index < -0.39 is 17.4 Å². The van der Waals surface area contributed by atoms with Crippen LogP contribution in [0.1, 0.15) is 28.5 Å². The summed E-state index contributed by atoms with van der Waals surface area (Å²) in [7, 11) is 0. The third-order valence-electron chi connectivity index (χ3n) is 3.82. The van der Waals surface area contributed by atoms with Gasteiger partial charge in [-0.3, -0.25) is 4.79 Å². The van der Waals surface area contributed by atoms with E-state index in [0.717, 1.165) is 0 Å². The van der Waals surface area contributed by atoms with E-state index in [9.17, 15) is 14.7 Å². The molecule has 1 fully saturated rings. The molecule has 9 nitrogen and oxygen atoms in total. The van der Waals surface area contributed by atoms with Crippen LogP contribution in [0.2, 0.25) is 0 Å². The highest BCUT2D eigenvalue weighted by atomic mass is 16.5. The van der Waals surface area contributed by atoms with Gasteiger partial charge in [0.05, 0.1) is 6.61 Å². The van der Waals surface area contributed by atoms with Gasteiger partial charge in [0, 0.05) is 25.5 Å². The van der Waals surface area contributed by atoms with Gasteiger partial charge in [0.2, 0.25) is 11.7 Å². The summed E-state index contributed by atoms with van der Waals surface area (Å²) in [5.41, 5.74) is -1.11. The molecule has 1 amide bonds. The zero-order chi connectivity index (χ0) is 17.9. The van der Waals surface area contributed by atoms with Crippen LogP contribution in [0.5, 0.6) is 5.75 Å². The lowest BCUT2D eigenvalue weighted by atomic mass is 9.98. The Labute approximate surface area is 142 Å². The number of carbonyl (C=O) groups excluding carboxylic acids is 1. The normalized spacial score (nSPS) is 19.6. The lowest BCUT2D eigenvalue weighted by molar-refractivity contribution is -0.144. The topological polar surface area (TPSA) is 124 Å². The summed E-state index contributed by atoms with van der Waals surface area (Å²) in [4.78, 5) is 27.9. The first-order chi connectivity index (χ1) is 12.0. The molecule has 0 bridgehead atoms. The molecule has 1 aliphatic heterocycles. The third-order valence-corrected chi connectivity index (χ3v) is 3.82. The zero-order valence-corrected chi connectivity index (χ0v) is 13.5. The maximum Gasteiger partial charge on any atom is 0.331 e. The van der Waals surface area contributed by atoms with Crippen LogP contribution in [0.3, 0.4) is 0 Å². The van der Waals surface area contributed by atoms with Crippen LogP contribution >= 0.6 is 0 Å². The molecule has 0 aliphatic carbocycles. The predicted molar refractivity (Wildman–Crippen MR) is 83.1 cm³/mol. The predicted octanol–water partition coefficient (Wildman–Crippen LogP) is 0.931. The number of hydrogen-bond acceptors (Lipinski definition) is 7. The molecule has 1 aromatic heterocycles. The number of aliphatic carboxylic acids is 1. The molecule has 3 rings (SSSR count). The summed E-state index contributed by atoms with van der Waals surface area (Å²) in [5.74, 6) is -0.362. The Kier molecular flexibility index (Phi) is 4.66. The number of aromatic nitrogens is 2. The van der Waals surface area contributed by atoms with Gasteiger partial charge in [0.15, 0.2) is 12.1 Å². The van der Waals surface area contributed by atoms with Gasteiger partial charge < -0.3 is 24.4 Å². The van der Waals surface area contributed by atoms with Crippen LogP contribution in [0.4, 0.5) is 0 Å². The van der Waals surface area contributed by atoms with Gasteiger partial charge in [-0.1, -0.05) is 11.2 Å². The molecule has 25 heavy (non-hydrogen) atoms. The van der Waals surface area contributed by atoms with Crippen molar-refractivity contribution in [3.8, 4) is 5.75 Å². The molecule has 0 saturated carbocycles. The second-order valence-corrected chi connectivity index (χ2v) is 5.69. The highest BCUT2D eigenvalue weighted by Crippen LogP contribution is 2.21. The molecule has 1 atom stereocenters. The fourth-order valence-corrected chi connectivity index (χ4v) is 2.45. The number of nitrogens with one attached hydrogen (secondary N) is 1. The molecule has 1 aromatic carbocycles. The second-order valence-electron chi connectivity index (χ2n) is 5.69. The molecule has 1 aliphatic rings. The average molecular weight is 347 g/mol. The average Bonchev–Trinajstić information content (AvgIpc) is 3.23. The number of aryl methyl sites for hydroxylation is 1. The van der Waals surface area contributed by atoms with Crippen LogP contribution < -0.4 is 10.1 Å². The van der Waals surface area contributed by atoms with Crippen molar-refractivity contribution in [2.45, 2.75) is 25.5 Å². The quantitative estimate of drug-likeness (QED) is 0.791. The van der Waals surface area contributed by atoms with Crippen LogP contribution in [0.15, 0.2) is 28.8 Å². The summed E-state index contributed by atoms with van der Waals surface area (Å²) in [6.45, 7) is 2.00. The molecule has 9 heteroatoms. The van der Waals surface area contributed by atoms with E-state index in [4.69, 9.17) is 14.0 Å². The van der Waals surface area contributed by atoms with Crippen LogP contribution in [0.25, 0.3) is 0 Å². The van der Waals surface area contributed by atoms with Crippen molar-refractivity contribution in [3.05, 3.63) is 41.5 Å². The van der Waals surface area contributed by atoms with Crippen molar-refractivity contribution in [3.63, 3.8) is 0 Å². The lowest BCUT2D eigenvalue weighted by Gasteiger charge is -2.23. The van der Waals surface area contributed by atoms with E-state index in [-0.39, 0.29) is 25.2 Å². The number of carboxylic acid groups (broad SMARTS) is 1. The first-order valence-corrected chi connectivity index (χ1v) is 7.64. The van der Waals surface area contributed by atoms with Gasteiger partial charge >= 0.3 is 5.97 Å². The fraction of sp³-hybridized carbons (Fsp3) is 0.375. The number of ether oxygens (including phenoxy) is 2. The van der Waals surface area contributed by atoms with Gasteiger partial charge in [-0.25, -0.2) is 4.79 Å². The van der Waals surface area contributed by atoms with E-state index in [1.54, 1.807) is 25.1 Å². The van der Waals surface area contributed by atoms with Crippen molar-refractivity contribution < 1.29 is 28.7 Å². The zero-order valence-electron chi connectivity index (χ0n) is 13.5. The largest absolute Gasteiger partial charge is 0.485 e. The van der Waals surface area contributed by atoms with E-state index in [0.29, 0.717) is 24.1 Å². The Balaban J connectivity index is 1.68. The van der Waals surface area contributed by atoms with Crippen molar-refractivity contribution in [2.24, 2.45) is 0 Å². The highest BCUT2D eigenvalue weighted by molar-refractivity contribution is 5.98. The van der Waals surface area contributed by atoms with E-state index in [1.165, 1.54) is 6.07 Å². The lowest BCUT2D eigenvalue weighted by Crippen LogP contribution is -2.55. The molecule has 0 spiro atoms. The Bertz CT molecular complexity index is 782. The van der Waals surface area contributed by atoms with Gasteiger partial charge in [-0.15, -0.1) is 0 Å². The number of rotatable bonds is 6. The second kappa shape index (κ2) is 6.89. The molecule has 2 heterocycles. The van der Waals surface area contributed by atoms with E-state index in [1.807, 2.05) is 0 Å². The summed E-state index contributed by atoms with van der Waals surface area (Å²) in [5, 5.41) is 15.7. The minimum absolute atomic E-state index is 0.0541. The molecule has 132 valence electrons. The summed E-state index contributed by atoms with van der Waals surface area (Å²) in [6.07, 6.45) is 0.224. The molecule has 2 aromatic rings. The van der Waals surface area contributed by atoms with E-state index >= 15 is 0 Å². The van der Waals surface area contributed by atoms with Crippen LogP contribution in [0, 0.1) is 6.92 Å². The van der Waals surface area contributed by atoms with Gasteiger partial charge in [-0.05, 0) is 18.2 Å². The Morgan fingerprint density at radius 3 is 2.92 bits per heavy atom. The Morgan fingerprint density at radius 2 is 2.28 bits per heavy atom. The van der Waals surface area contributed by atoms with Crippen molar-refractivity contribution >= 4 is 11.9 Å².